The van der Waals surface area contributed by atoms with E-state index >= 15 is 0 Å². The molecule has 1 nitrogen and oxygen atoms in total. The van der Waals surface area contributed by atoms with E-state index in [0.717, 1.165) is 11.3 Å². The lowest BCUT2D eigenvalue weighted by Crippen LogP contribution is -1.93. The van der Waals surface area contributed by atoms with Crippen LogP contribution in [0.25, 0.3) is 32.7 Å². The third-order valence-electron chi connectivity index (χ3n) is 4.41. The van der Waals surface area contributed by atoms with E-state index in [2.05, 4.69) is 73.7 Å². The second-order valence-electron chi connectivity index (χ2n) is 5.75. The molecule has 1 heteroatoms. The molecule has 4 aromatic carbocycles. The lowest BCUT2D eigenvalue weighted by Gasteiger charge is -2.13. The quantitative estimate of drug-likeness (QED) is 0.455. The van der Waals surface area contributed by atoms with Crippen LogP contribution in [0.1, 0.15) is 5.56 Å². The van der Waals surface area contributed by atoms with Crippen molar-refractivity contribution in [1.29, 1.82) is 0 Å². The van der Waals surface area contributed by atoms with Crippen molar-refractivity contribution in [2.45, 2.75) is 6.92 Å². The SMILES string of the molecule is Cc1c(-c2cc3ccccc3cc2N)ccc2ccccc12. The predicted octanol–water partition coefficient (Wildman–Crippen LogP) is 5.55. The standard InChI is InChI=1S/C21H17N/c1-14-18-9-5-4-6-15(18)10-11-19(14)20-12-16-7-2-3-8-17(16)13-21(20)22/h2-13H,22H2,1H3. The van der Waals surface area contributed by atoms with Gasteiger partial charge in [0.1, 0.15) is 0 Å². The van der Waals surface area contributed by atoms with Crippen molar-refractivity contribution < 1.29 is 0 Å². The number of anilines is 1. The molecule has 0 atom stereocenters. The zero-order valence-corrected chi connectivity index (χ0v) is 12.5. The summed E-state index contributed by atoms with van der Waals surface area (Å²) in [5, 5.41) is 4.96. The Bertz CT molecular complexity index is 993. The second kappa shape index (κ2) is 4.88. The summed E-state index contributed by atoms with van der Waals surface area (Å²) in [6.07, 6.45) is 0. The Hall–Kier alpha value is -2.80. The highest BCUT2D eigenvalue weighted by molar-refractivity contribution is 5.98. The van der Waals surface area contributed by atoms with Gasteiger partial charge in [0.05, 0.1) is 0 Å². The number of hydrogen-bond acceptors (Lipinski definition) is 1. The Morgan fingerprint density at radius 1 is 0.636 bits per heavy atom. The molecule has 0 unspecified atom stereocenters. The Balaban J connectivity index is 2.02. The number of rotatable bonds is 1. The maximum atomic E-state index is 6.33. The Labute approximate surface area is 130 Å². The maximum absolute atomic E-state index is 6.33. The van der Waals surface area contributed by atoms with Gasteiger partial charge in [-0.2, -0.15) is 0 Å². The summed E-state index contributed by atoms with van der Waals surface area (Å²) >= 11 is 0. The van der Waals surface area contributed by atoms with E-state index < -0.39 is 0 Å². The predicted molar refractivity (Wildman–Crippen MR) is 96.0 cm³/mol. The molecule has 0 saturated carbocycles. The summed E-state index contributed by atoms with van der Waals surface area (Å²) in [6.45, 7) is 2.17. The molecule has 0 amide bonds. The number of nitrogen functional groups attached to an aromatic ring is 1. The first-order valence-electron chi connectivity index (χ1n) is 7.51. The lowest BCUT2D eigenvalue weighted by molar-refractivity contribution is 1.51. The van der Waals surface area contributed by atoms with Gasteiger partial charge in [0.25, 0.3) is 0 Å². The first-order valence-corrected chi connectivity index (χ1v) is 7.51. The van der Waals surface area contributed by atoms with Crippen molar-refractivity contribution in [3.63, 3.8) is 0 Å². The summed E-state index contributed by atoms with van der Waals surface area (Å²) in [7, 11) is 0. The highest BCUT2D eigenvalue weighted by Gasteiger charge is 2.09. The topological polar surface area (TPSA) is 26.0 Å². The van der Waals surface area contributed by atoms with E-state index in [1.54, 1.807) is 0 Å². The summed E-state index contributed by atoms with van der Waals surface area (Å²) in [6, 6.07) is 25.4. The van der Waals surface area contributed by atoms with Gasteiger partial charge in [0.15, 0.2) is 0 Å². The molecule has 0 aliphatic carbocycles. The zero-order valence-electron chi connectivity index (χ0n) is 12.5. The molecule has 0 aliphatic heterocycles. The first kappa shape index (κ1) is 12.9. The highest BCUT2D eigenvalue weighted by Crippen LogP contribution is 2.35. The molecule has 106 valence electrons. The molecule has 4 aromatic rings. The van der Waals surface area contributed by atoms with Crippen molar-refractivity contribution in [2.75, 3.05) is 5.73 Å². The van der Waals surface area contributed by atoms with Gasteiger partial charge in [-0.05, 0) is 51.7 Å². The Kier molecular flexibility index (Phi) is 2.87. The summed E-state index contributed by atoms with van der Waals surface area (Å²) < 4.78 is 0. The minimum absolute atomic E-state index is 0.831. The minimum Gasteiger partial charge on any atom is -0.398 e. The van der Waals surface area contributed by atoms with Crippen LogP contribution < -0.4 is 5.73 Å². The van der Waals surface area contributed by atoms with Gasteiger partial charge >= 0.3 is 0 Å². The molecule has 0 aromatic heterocycles. The van der Waals surface area contributed by atoms with E-state index in [-0.39, 0.29) is 0 Å². The summed E-state index contributed by atoms with van der Waals surface area (Å²) in [5.74, 6) is 0. The monoisotopic (exact) mass is 283 g/mol. The van der Waals surface area contributed by atoms with Crippen LogP contribution in [0.2, 0.25) is 0 Å². The van der Waals surface area contributed by atoms with Crippen LogP contribution in [0.4, 0.5) is 5.69 Å². The van der Waals surface area contributed by atoms with Crippen molar-refractivity contribution in [3.05, 3.63) is 78.4 Å². The molecule has 0 aliphatic rings. The minimum atomic E-state index is 0.831. The van der Waals surface area contributed by atoms with E-state index in [1.165, 1.54) is 32.7 Å². The average Bonchev–Trinajstić information content (AvgIpc) is 2.55. The molecule has 4 rings (SSSR count). The third kappa shape index (κ3) is 1.94. The van der Waals surface area contributed by atoms with Crippen molar-refractivity contribution in [3.8, 4) is 11.1 Å². The largest absolute Gasteiger partial charge is 0.398 e. The number of fused-ring (bicyclic) bond motifs is 2. The Morgan fingerprint density at radius 2 is 1.27 bits per heavy atom. The maximum Gasteiger partial charge on any atom is 0.0400 e. The van der Waals surface area contributed by atoms with Crippen LogP contribution >= 0.6 is 0 Å². The fraction of sp³-hybridized carbons (Fsp3) is 0.0476. The molecule has 0 radical (unpaired) electrons. The number of hydrogen-bond donors (Lipinski definition) is 1. The number of benzene rings is 4. The van der Waals surface area contributed by atoms with Gasteiger partial charge in [-0.3, -0.25) is 0 Å². The molecule has 0 heterocycles. The number of aryl methyl sites for hydroxylation is 1. The van der Waals surface area contributed by atoms with Crippen LogP contribution in [0.5, 0.6) is 0 Å². The fourth-order valence-electron chi connectivity index (χ4n) is 3.21. The lowest BCUT2D eigenvalue weighted by atomic mass is 9.93. The van der Waals surface area contributed by atoms with Crippen LogP contribution in [0.15, 0.2) is 72.8 Å². The zero-order chi connectivity index (χ0) is 15.1. The van der Waals surface area contributed by atoms with E-state index in [0.29, 0.717) is 0 Å². The molecule has 2 N–H and O–H groups in total. The molecule has 22 heavy (non-hydrogen) atoms. The van der Waals surface area contributed by atoms with Gasteiger partial charge < -0.3 is 5.73 Å². The highest BCUT2D eigenvalue weighted by atomic mass is 14.6. The van der Waals surface area contributed by atoms with Gasteiger partial charge in [0.2, 0.25) is 0 Å². The number of nitrogens with two attached hydrogens (primary N) is 1. The third-order valence-corrected chi connectivity index (χ3v) is 4.41. The molecular weight excluding hydrogens is 266 g/mol. The van der Waals surface area contributed by atoms with Gasteiger partial charge in [-0.25, -0.2) is 0 Å². The van der Waals surface area contributed by atoms with Gasteiger partial charge in [-0.1, -0.05) is 60.7 Å². The smallest absolute Gasteiger partial charge is 0.0400 e. The molecule has 0 bridgehead atoms. The van der Waals surface area contributed by atoms with Crippen molar-refractivity contribution in [1.82, 2.24) is 0 Å². The van der Waals surface area contributed by atoms with Crippen LogP contribution in [-0.2, 0) is 0 Å². The van der Waals surface area contributed by atoms with Crippen molar-refractivity contribution >= 4 is 27.2 Å². The average molecular weight is 283 g/mol. The van der Waals surface area contributed by atoms with Crippen LogP contribution in [0.3, 0.4) is 0 Å². The molecular formula is C21H17N. The van der Waals surface area contributed by atoms with E-state index in [9.17, 15) is 0 Å². The van der Waals surface area contributed by atoms with Gasteiger partial charge in [-0.15, -0.1) is 0 Å². The molecule has 0 saturated heterocycles. The van der Waals surface area contributed by atoms with Crippen molar-refractivity contribution in [2.24, 2.45) is 0 Å². The van der Waals surface area contributed by atoms with E-state index in [4.69, 9.17) is 5.73 Å². The summed E-state index contributed by atoms with van der Waals surface area (Å²) in [4.78, 5) is 0. The first-order chi connectivity index (χ1) is 10.7. The van der Waals surface area contributed by atoms with E-state index in [1.807, 2.05) is 6.07 Å². The second-order valence-corrected chi connectivity index (χ2v) is 5.75. The Morgan fingerprint density at radius 3 is 2.05 bits per heavy atom. The van der Waals surface area contributed by atoms with Crippen LogP contribution in [0, 0.1) is 6.92 Å². The molecule has 0 spiro atoms. The normalized spacial score (nSPS) is 11.1. The van der Waals surface area contributed by atoms with Crippen LogP contribution in [-0.4, -0.2) is 0 Å². The summed E-state index contributed by atoms with van der Waals surface area (Å²) in [5.41, 5.74) is 10.8. The van der Waals surface area contributed by atoms with Gasteiger partial charge in [0, 0.05) is 11.3 Å². The molecule has 0 fully saturated rings. The fourth-order valence-corrected chi connectivity index (χ4v) is 3.21.